The molecule has 0 saturated heterocycles. The first-order valence-corrected chi connectivity index (χ1v) is 31.4. The van der Waals surface area contributed by atoms with Crippen LogP contribution in [-0.4, -0.2) is 154 Å². The standard InChI is InChI=1S/C63H105N11O14/c1-6-7-8-9-10-11-12-13-14-15-16-17-18-19-23-30-54(82)73-57(43(5)78)61(88)74-56(41(2)3)53(81)37-46(35-44-26-21-20-22-27-44)59(86)71-49(29-25-34-69-63(66)67)51(79)38-47(39-75)60(87)72-50(40-76)52(80)36-45(28-24-33-68-62(64)65)58(85)70-48(42(4)77)31-32-55(83)84/h13-14,20-22,26-27,41,43,45-50,56-57,75-76,78H,6-12,15-19,23-25,28-40H2,1-5H3,(H,70,85)(H,71,86)(H,72,87)(H,73,82)(H,74,88)(H,83,84)(H4,64,65,68)(H4,66,67,69)/b14-13-/t43-,45-,46-,47+,48+,49+,50+,56+,57+/m1/s1. The monoisotopic (exact) mass is 1240 g/mol. The van der Waals surface area contributed by atoms with E-state index in [4.69, 9.17) is 28.0 Å². The number of nitrogens with zero attached hydrogens (tertiary/aromatic N) is 2. The summed E-state index contributed by atoms with van der Waals surface area (Å²) < 4.78 is 0. The highest BCUT2D eigenvalue weighted by molar-refractivity contribution is 5.98. The number of amides is 5. The molecule has 0 aromatic heterocycles. The van der Waals surface area contributed by atoms with Crippen LogP contribution in [0.3, 0.4) is 0 Å². The van der Waals surface area contributed by atoms with Gasteiger partial charge in [0.2, 0.25) is 29.5 Å². The van der Waals surface area contributed by atoms with Gasteiger partial charge in [-0.3, -0.25) is 57.9 Å². The van der Waals surface area contributed by atoms with Crippen molar-refractivity contribution >= 4 is 70.6 Å². The molecule has 1 aromatic rings. The summed E-state index contributed by atoms with van der Waals surface area (Å²) in [7, 11) is 0. The number of aliphatic imine (C=N–C) groups is 2. The van der Waals surface area contributed by atoms with Crippen LogP contribution in [0, 0.1) is 23.7 Å². The van der Waals surface area contributed by atoms with Gasteiger partial charge in [-0.2, -0.15) is 0 Å². The van der Waals surface area contributed by atoms with E-state index >= 15 is 0 Å². The molecule has 0 heterocycles. The van der Waals surface area contributed by atoms with Crippen LogP contribution in [-0.2, 0) is 54.4 Å². The van der Waals surface area contributed by atoms with Crippen LogP contribution in [0.1, 0.15) is 188 Å². The second-order valence-corrected chi connectivity index (χ2v) is 23.1. The van der Waals surface area contributed by atoms with Crippen LogP contribution >= 0.6 is 0 Å². The smallest absolute Gasteiger partial charge is 0.303 e. The Hall–Kier alpha value is -7.12. The third kappa shape index (κ3) is 35.0. The Kier molecular flexibility index (Phi) is 41.3. The third-order valence-electron chi connectivity index (χ3n) is 15.1. The minimum atomic E-state index is -1.66. The van der Waals surface area contributed by atoms with Crippen LogP contribution < -0.4 is 49.5 Å². The molecular weight excluding hydrogens is 1130 g/mol. The number of carbonyl (C=O) groups excluding carboxylic acids is 9. The highest BCUT2D eigenvalue weighted by atomic mass is 16.4. The number of carboxylic acid groups (broad SMARTS) is 1. The molecule has 88 heavy (non-hydrogen) atoms. The maximum atomic E-state index is 14.5. The number of allylic oxidation sites excluding steroid dienone is 2. The number of carbonyl (C=O) groups is 10. The molecule has 0 aliphatic carbocycles. The number of aliphatic hydroxyl groups excluding tert-OH is 3. The van der Waals surface area contributed by atoms with E-state index in [1.807, 2.05) is 0 Å². The van der Waals surface area contributed by atoms with E-state index in [1.165, 1.54) is 45.4 Å². The van der Waals surface area contributed by atoms with Crippen molar-refractivity contribution < 1.29 is 68.4 Å². The summed E-state index contributed by atoms with van der Waals surface area (Å²) >= 11 is 0. The van der Waals surface area contributed by atoms with Gasteiger partial charge in [-0.1, -0.05) is 115 Å². The third-order valence-corrected chi connectivity index (χ3v) is 15.1. The molecular formula is C63H105N11O14. The van der Waals surface area contributed by atoms with Crippen molar-refractivity contribution in [2.45, 2.75) is 225 Å². The molecule has 9 atom stereocenters. The zero-order valence-electron chi connectivity index (χ0n) is 52.7. The maximum absolute atomic E-state index is 14.5. The Labute approximate surface area is 519 Å². The van der Waals surface area contributed by atoms with Gasteiger partial charge >= 0.3 is 5.97 Å². The lowest BCUT2D eigenvalue weighted by Crippen LogP contribution is -2.57. The van der Waals surface area contributed by atoms with Crippen molar-refractivity contribution in [1.82, 2.24) is 26.6 Å². The van der Waals surface area contributed by atoms with E-state index < -0.39 is 158 Å². The van der Waals surface area contributed by atoms with E-state index in [0.717, 1.165) is 45.4 Å². The van der Waals surface area contributed by atoms with Crippen LogP contribution in [0.2, 0.25) is 0 Å². The molecule has 0 spiro atoms. The lowest BCUT2D eigenvalue weighted by atomic mass is 9.87. The predicted octanol–water partition coefficient (Wildman–Crippen LogP) is 3.00. The number of unbranched alkanes of at least 4 members (excludes halogenated alkanes) is 11. The fourth-order valence-corrected chi connectivity index (χ4v) is 9.84. The molecule has 496 valence electrons. The number of carboxylic acids is 1. The first-order valence-electron chi connectivity index (χ1n) is 31.4. The number of rotatable bonds is 51. The maximum Gasteiger partial charge on any atom is 0.303 e. The first-order chi connectivity index (χ1) is 41.8. The minimum absolute atomic E-state index is 0.00609. The van der Waals surface area contributed by atoms with Gasteiger partial charge in [0.1, 0.15) is 12.1 Å². The summed E-state index contributed by atoms with van der Waals surface area (Å²) in [6, 6.07) is 1.92. The lowest BCUT2D eigenvalue weighted by molar-refractivity contribution is -0.138. The Morgan fingerprint density at radius 2 is 1.02 bits per heavy atom. The van der Waals surface area contributed by atoms with Crippen molar-refractivity contribution in [2.24, 2.45) is 56.6 Å². The average molecular weight is 1240 g/mol. The van der Waals surface area contributed by atoms with Gasteiger partial charge in [0.05, 0.1) is 43.4 Å². The van der Waals surface area contributed by atoms with Crippen molar-refractivity contribution in [3.63, 3.8) is 0 Å². The number of nitrogens with one attached hydrogen (secondary N) is 5. The predicted molar refractivity (Wildman–Crippen MR) is 337 cm³/mol. The van der Waals surface area contributed by atoms with E-state index in [9.17, 15) is 63.3 Å². The molecule has 1 rings (SSSR count). The normalized spacial score (nSPS) is 14.4. The van der Waals surface area contributed by atoms with Gasteiger partial charge in [-0.15, -0.1) is 0 Å². The summed E-state index contributed by atoms with van der Waals surface area (Å²) in [4.78, 5) is 142. The molecule has 0 fully saturated rings. The van der Waals surface area contributed by atoms with E-state index in [2.05, 4.69) is 55.6 Å². The molecule has 17 N–H and O–H groups in total. The van der Waals surface area contributed by atoms with Gasteiger partial charge in [0, 0.05) is 57.0 Å². The number of aliphatic hydroxyl groups is 3. The highest BCUT2D eigenvalue weighted by Gasteiger charge is 2.36. The summed E-state index contributed by atoms with van der Waals surface area (Å²) in [5.41, 5.74) is 22.6. The Bertz CT molecular complexity index is 2400. The molecule has 0 radical (unpaired) electrons. The summed E-state index contributed by atoms with van der Waals surface area (Å²) in [6.07, 6.45) is 15.3. The number of hydrogen-bond acceptors (Lipinski definition) is 15. The Morgan fingerprint density at radius 3 is 1.56 bits per heavy atom. The van der Waals surface area contributed by atoms with Crippen LogP contribution in [0.5, 0.6) is 0 Å². The second kappa shape index (κ2) is 46.1. The topological polar surface area (TPSA) is 441 Å². The van der Waals surface area contributed by atoms with Crippen molar-refractivity contribution in [3.8, 4) is 0 Å². The highest BCUT2D eigenvalue weighted by Crippen LogP contribution is 2.21. The van der Waals surface area contributed by atoms with Gasteiger partial charge in [-0.25, -0.2) is 0 Å². The Morgan fingerprint density at radius 1 is 0.523 bits per heavy atom. The number of benzene rings is 1. The summed E-state index contributed by atoms with van der Waals surface area (Å²) in [5.74, 6) is -12.6. The van der Waals surface area contributed by atoms with Crippen molar-refractivity contribution in [3.05, 3.63) is 48.0 Å². The summed E-state index contributed by atoms with van der Waals surface area (Å²) in [6.45, 7) is 6.25. The van der Waals surface area contributed by atoms with E-state index in [0.29, 0.717) is 12.0 Å². The number of guanidine groups is 2. The molecule has 25 nitrogen and oxygen atoms in total. The quantitative estimate of drug-likeness (QED) is 0.0193. The molecule has 5 amide bonds. The molecule has 0 aliphatic rings. The van der Waals surface area contributed by atoms with Crippen molar-refractivity contribution in [2.75, 3.05) is 26.3 Å². The fourth-order valence-electron chi connectivity index (χ4n) is 9.84. The van der Waals surface area contributed by atoms with Gasteiger partial charge in [-0.05, 0) is 96.0 Å². The van der Waals surface area contributed by atoms with E-state index in [-0.39, 0.29) is 70.0 Å². The van der Waals surface area contributed by atoms with Crippen LogP contribution in [0.4, 0.5) is 0 Å². The SMILES string of the molecule is CCCCCCCC/C=C\CCCCCCCC(=O)N[C@H](C(=O)N[C@H](C(=O)C[C@@H](Cc1ccccc1)C(=O)N[C@@H](CCCN=C(N)N)C(=O)C[C@@H](CO)C(=O)N[C@@H](CO)C(=O)C[C@@H](CCCN=C(N)N)C(=O)N[C@@H](CCC(=O)O)C(C)=O)C(C)C)[C@@H](C)O. The molecule has 0 saturated carbocycles. The van der Waals surface area contributed by atoms with Gasteiger partial charge < -0.3 is 69.9 Å². The average Bonchev–Trinajstić information content (AvgIpc) is 2.07. The number of ketones is 4. The van der Waals surface area contributed by atoms with E-state index in [1.54, 1.807) is 44.2 Å². The largest absolute Gasteiger partial charge is 0.481 e. The number of aliphatic carboxylic acids is 1. The van der Waals surface area contributed by atoms with Gasteiger partial charge in [0.15, 0.2) is 35.1 Å². The Balaban J connectivity index is 3.27. The molecule has 0 bridgehead atoms. The first kappa shape index (κ1) is 78.9. The lowest BCUT2D eigenvalue weighted by Gasteiger charge is -2.28. The molecule has 1 aromatic carbocycles. The zero-order chi connectivity index (χ0) is 66.0. The molecule has 0 aliphatic heterocycles. The molecule has 0 unspecified atom stereocenters. The van der Waals surface area contributed by atoms with Crippen LogP contribution in [0.25, 0.3) is 0 Å². The minimum Gasteiger partial charge on any atom is -0.481 e. The second-order valence-electron chi connectivity index (χ2n) is 23.1. The summed E-state index contributed by atoms with van der Waals surface area (Å²) in [5, 5.41) is 53.6. The van der Waals surface area contributed by atoms with Crippen molar-refractivity contribution in [1.29, 1.82) is 0 Å². The fraction of sp³-hybridized carbons (Fsp3) is 0.683. The zero-order valence-corrected chi connectivity index (χ0v) is 52.7. The number of Topliss-reactive ketones (excluding diaryl/α,β-unsaturated/α-hetero) is 4. The number of hydrogen-bond donors (Lipinski definition) is 13. The van der Waals surface area contributed by atoms with Crippen LogP contribution in [0.15, 0.2) is 52.5 Å². The number of nitrogens with two attached hydrogens (primary N) is 4. The van der Waals surface area contributed by atoms with Gasteiger partial charge in [0.25, 0.3) is 0 Å². The molecule has 25 heteroatoms.